The van der Waals surface area contributed by atoms with Crippen LogP contribution in [-0.4, -0.2) is 36.1 Å². The lowest BCUT2D eigenvalue weighted by atomic mass is 10.2. The Kier molecular flexibility index (Phi) is 4.95. The predicted octanol–water partition coefficient (Wildman–Crippen LogP) is 2.82. The van der Waals surface area contributed by atoms with Gasteiger partial charge < -0.3 is 15.5 Å². The van der Waals surface area contributed by atoms with E-state index in [-0.39, 0.29) is 17.9 Å². The molecule has 1 heterocycles. The third-order valence-corrected chi connectivity index (χ3v) is 3.56. The van der Waals surface area contributed by atoms with Gasteiger partial charge >= 0.3 is 6.03 Å². The van der Waals surface area contributed by atoms with Gasteiger partial charge in [-0.1, -0.05) is 0 Å². The molecule has 0 bridgehead atoms. The molecule has 2 rings (SSSR count). The van der Waals surface area contributed by atoms with Crippen LogP contribution in [-0.2, 0) is 0 Å². The van der Waals surface area contributed by atoms with Crippen LogP contribution in [0.1, 0.15) is 26.7 Å². The first-order valence-electron chi connectivity index (χ1n) is 7.13. The van der Waals surface area contributed by atoms with Crippen LogP contribution in [0.4, 0.5) is 14.9 Å². The molecule has 1 aliphatic heterocycles. The number of carbonyl (C=O) groups is 1. The maximum atomic E-state index is 12.9. The Morgan fingerprint density at radius 1 is 1.45 bits per heavy atom. The average molecular weight is 279 g/mol. The number of urea groups is 1. The first-order valence-corrected chi connectivity index (χ1v) is 7.13. The van der Waals surface area contributed by atoms with Gasteiger partial charge in [-0.2, -0.15) is 0 Å². The van der Waals surface area contributed by atoms with E-state index >= 15 is 0 Å². The Labute approximate surface area is 119 Å². The number of anilines is 1. The third-order valence-electron chi connectivity index (χ3n) is 3.56. The molecule has 0 spiro atoms. The molecule has 5 heteroatoms. The molecule has 20 heavy (non-hydrogen) atoms. The molecule has 0 radical (unpaired) electrons. The van der Waals surface area contributed by atoms with Gasteiger partial charge in [0.25, 0.3) is 0 Å². The summed E-state index contributed by atoms with van der Waals surface area (Å²) in [4.78, 5) is 14.1. The number of carbonyl (C=O) groups excluding carboxylic acids is 1. The molecule has 4 nitrogen and oxygen atoms in total. The number of nitrogens with one attached hydrogen (secondary N) is 2. The summed E-state index contributed by atoms with van der Waals surface area (Å²) in [5.41, 5.74) is 0.612. The number of rotatable bonds is 4. The highest BCUT2D eigenvalue weighted by atomic mass is 19.1. The van der Waals surface area contributed by atoms with Crippen molar-refractivity contribution in [3.8, 4) is 0 Å². The van der Waals surface area contributed by atoms with Gasteiger partial charge in [0.05, 0.1) is 0 Å². The fraction of sp³-hybridized carbons (Fsp3) is 0.533. The van der Waals surface area contributed by atoms with Crippen LogP contribution in [0, 0.1) is 5.82 Å². The predicted molar refractivity (Wildman–Crippen MR) is 78.3 cm³/mol. The van der Waals surface area contributed by atoms with Crippen molar-refractivity contribution in [1.29, 1.82) is 0 Å². The molecule has 0 aliphatic carbocycles. The van der Waals surface area contributed by atoms with Crippen LogP contribution in [0.3, 0.4) is 0 Å². The van der Waals surface area contributed by atoms with Crippen LogP contribution in [0.25, 0.3) is 0 Å². The van der Waals surface area contributed by atoms with E-state index in [0.717, 1.165) is 19.4 Å². The zero-order chi connectivity index (χ0) is 14.5. The Morgan fingerprint density at radius 3 is 2.70 bits per heavy atom. The topological polar surface area (TPSA) is 44.4 Å². The Balaban J connectivity index is 1.97. The quantitative estimate of drug-likeness (QED) is 0.890. The van der Waals surface area contributed by atoms with Gasteiger partial charge in [-0.15, -0.1) is 0 Å². The summed E-state index contributed by atoms with van der Waals surface area (Å²) >= 11 is 0. The molecule has 110 valence electrons. The van der Waals surface area contributed by atoms with E-state index < -0.39 is 0 Å². The minimum Gasteiger partial charge on any atom is -0.321 e. The SMILES string of the molecule is CC(C)N(CC1CCCN1)C(=O)Nc1ccc(F)cc1. The third kappa shape index (κ3) is 3.93. The molecule has 1 aromatic rings. The summed E-state index contributed by atoms with van der Waals surface area (Å²) in [5.74, 6) is -0.307. The largest absolute Gasteiger partial charge is 0.322 e. The number of hydrogen-bond acceptors (Lipinski definition) is 2. The van der Waals surface area contributed by atoms with Gasteiger partial charge in [-0.25, -0.2) is 9.18 Å². The number of amides is 2. The van der Waals surface area contributed by atoms with Gasteiger partial charge in [0, 0.05) is 24.3 Å². The first-order chi connectivity index (χ1) is 9.56. The number of benzene rings is 1. The summed E-state index contributed by atoms with van der Waals surface area (Å²) < 4.78 is 12.9. The minimum absolute atomic E-state index is 0.123. The lowest BCUT2D eigenvalue weighted by molar-refractivity contribution is 0.190. The first kappa shape index (κ1) is 14.8. The molecule has 0 aromatic heterocycles. The van der Waals surface area contributed by atoms with Gasteiger partial charge in [-0.3, -0.25) is 0 Å². The molecule has 1 aromatic carbocycles. The van der Waals surface area contributed by atoms with E-state index in [2.05, 4.69) is 10.6 Å². The van der Waals surface area contributed by atoms with Gasteiger partial charge in [0.2, 0.25) is 0 Å². The van der Waals surface area contributed by atoms with E-state index in [1.54, 1.807) is 12.1 Å². The maximum Gasteiger partial charge on any atom is 0.322 e. The second-order valence-electron chi connectivity index (χ2n) is 5.48. The Bertz CT molecular complexity index is 441. The van der Waals surface area contributed by atoms with Crippen LogP contribution >= 0.6 is 0 Å². The monoisotopic (exact) mass is 279 g/mol. The molecule has 2 N–H and O–H groups in total. The van der Waals surface area contributed by atoms with Crippen LogP contribution in [0.15, 0.2) is 24.3 Å². The van der Waals surface area contributed by atoms with Crippen molar-refractivity contribution in [3.05, 3.63) is 30.1 Å². The normalized spacial score (nSPS) is 18.3. The lowest BCUT2D eigenvalue weighted by Gasteiger charge is -2.29. The van der Waals surface area contributed by atoms with E-state index in [1.165, 1.54) is 12.1 Å². The molecular weight excluding hydrogens is 257 g/mol. The lowest BCUT2D eigenvalue weighted by Crippen LogP contribution is -2.46. The summed E-state index contributed by atoms with van der Waals surface area (Å²) in [6.07, 6.45) is 2.27. The highest BCUT2D eigenvalue weighted by Crippen LogP contribution is 2.13. The van der Waals surface area contributed by atoms with Gasteiger partial charge in [0.15, 0.2) is 0 Å². The second-order valence-corrected chi connectivity index (χ2v) is 5.48. The zero-order valence-electron chi connectivity index (χ0n) is 12.0. The molecule has 2 amide bonds. The standard InChI is InChI=1S/C15H22FN3O/c1-11(2)19(10-14-4-3-9-17-14)15(20)18-13-7-5-12(16)6-8-13/h5-8,11,14,17H,3-4,9-10H2,1-2H3,(H,18,20). The van der Waals surface area contributed by atoms with E-state index in [4.69, 9.17) is 0 Å². The molecule has 1 atom stereocenters. The Hall–Kier alpha value is -1.62. The molecule has 1 aliphatic rings. The van der Waals surface area contributed by atoms with Gasteiger partial charge in [-0.05, 0) is 57.5 Å². The van der Waals surface area contributed by atoms with Crippen molar-refractivity contribution in [3.63, 3.8) is 0 Å². The Morgan fingerprint density at radius 2 is 2.15 bits per heavy atom. The number of hydrogen-bond donors (Lipinski definition) is 2. The highest BCUT2D eigenvalue weighted by molar-refractivity contribution is 5.89. The number of nitrogens with zero attached hydrogens (tertiary/aromatic N) is 1. The smallest absolute Gasteiger partial charge is 0.321 e. The van der Waals surface area contributed by atoms with Crippen LogP contribution < -0.4 is 10.6 Å². The van der Waals surface area contributed by atoms with Crippen molar-refractivity contribution in [2.24, 2.45) is 0 Å². The summed E-state index contributed by atoms with van der Waals surface area (Å²) in [6.45, 7) is 5.72. The minimum atomic E-state index is -0.307. The molecule has 1 unspecified atom stereocenters. The van der Waals surface area contributed by atoms with Crippen molar-refractivity contribution < 1.29 is 9.18 Å². The van der Waals surface area contributed by atoms with Gasteiger partial charge in [0.1, 0.15) is 5.82 Å². The highest BCUT2D eigenvalue weighted by Gasteiger charge is 2.23. The summed E-state index contributed by atoms with van der Waals surface area (Å²) in [5, 5.41) is 6.21. The molecular formula is C15H22FN3O. The average Bonchev–Trinajstić information content (AvgIpc) is 2.91. The molecule has 1 fully saturated rings. The molecule has 1 saturated heterocycles. The second kappa shape index (κ2) is 6.70. The van der Waals surface area contributed by atoms with Crippen molar-refractivity contribution in [2.75, 3.05) is 18.4 Å². The fourth-order valence-corrected chi connectivity index (χ4v) is 2.41. The van der Waals surface area contributed by atoms with Crippen molar-refractivity contribution in [1.82, 2.24) is 10.2 Å². The van der Waals surface area contributed by atoms with Crippen LogP contribution in [0.5, 0.6) is 0 Å². The zero-order valence-corrected chi connectivity index (χ0v) is 12.0. The summed E-state index contributed by atoms with van der Waals surface area (Å²) in [7, 11) is 0. The fourth-order valence-electron chi connectivity index (χ4n) is 2.41. The maximum absolute atomic E-state index is 12.9. The van der Waals surface area contributed by atoms with E-state index in [1.807, 2.05) is 18.7 Å². The summed E-state index contributed by atoms with van der Waals surface area (Å²) in [6, 6.07) is 6.18. The van der Waals surface area contributed by atoms with Crippen molar-refractivity contribution >= 4 is 11.7 Å². The van der Waals surface area contributed by atoms with Crippen molar-refractivity contribution in [2.45, 2.75) is 38.8 Å². The molecule has 0 saturated carbocycles. The van der Waals surface area contributed by atoms with Crippen LogP contribution in [0.2, 0.25) is 0 Å². The van der Waals surface area contributed by atoms with E-state index in [9.17, 15) is 9.18 Å². The number of halogens is 1. The van der Waals surface area contributed by atoms with E-state index in [0.29, 0.717) is 18.3 Å².